The van der Waals surface area contributed by atoms with Crippen LogP contribution in [0.15, 0.2) is 23.2 Å². The van der Waals surface area contributed by atoms with Crippen molar-refractivity contribution in [1.82, 2.24) is 9.29 Å². The molecule has 8 heteroatoms. The van der Waals surface area contributed by atoms with Crippen LogP contribution in [0, 0.1) is 0 Å². The SMILES string of the molecule is COCCN(CCO)S(=O)(=O)c1cccnc1N. The van der Waals surface area contributed by atoms with Crippen molar-refractivity contribution in [2.75, 3.05) is 39.1 Å². The molecule has 0 spiro atoms. The number of nitrogens with two attached hydrogens (primary N) is 1. The second-order valence-corrected chi connectivity index (χ2v) is 5.41. The lowest BCUT2D eigenvalue weighted by Gasteiger charge is -2.21. The van der Waals surface area contributed by atoms with Crippen molar-refractivity contribution in [3.63, 3.8) is 0 Å². The summed E-state index contributed by atoms with van der Waals surface area (Å²) in [5.74, 6) is -0.0575. The molecule has 18 heavy (non-hydrogen) atoms. The highest BCUT2D eigenvalue weighted by molar-refractivity contribution is 7.89. The first kappa shape index (κ1) is 14.8. The number of aliphatic hydroxyl groups is 1. The first-order valence-corrected chi connectivity index (χ1v) is 6.78. The number of aliphatic hydroxyl groups excluding tert-OH is 1. The highest BCUT2D eigenvalue weighted by Gasteiger charge is 2.26. The number of methoxy groups -OCH3 is 1. The lowest BCUT2D eigenvalue weighted by atomic mass is 10.5. The predicted molar refractivity (Wildman–Crippen MR) is 66.4 cm³/mol. The third-order valence-electron chi connectivity index (χ3n) is 2.31. The molecule has 1 rings (SSSR count). The first-order chi connectivity index (χ1) is 8.54. The zero-order valence-electron chi connectivity index (χ0n) is 10.1. The molecule has 0 amide bonds. The number of nitrogen functional groups attached to an aromatic ring is 1. The Labute approximate surface area is 106 Å². The van der Waals surface area contributed by atoms with Gasteiger partial charge in [0.1, 0.15) is 10.7 Å². The van der Waals surface area contributed by atoms with E-state index < -0.39 is 10.0 Å². The first-order valence-electron chi connectivity index (χ1n) is 5.34. The van der Waals surface area contributed by atoms with E-state index in [9.17, 15) is 8.42 Å². The molecule has 0 aliphatic rings. The number of pyridine rings is 1. The normalized spacial score (nSPS) is 11.9. The molecule has 0 unspecified atom stereocenters. The molecule has 0 fully saturated rings. The Hall–Kier alpha value is -1.22. The van der Waals surface area contributed by atoms with Gasteiger partial charge in [-0.2, -0.15) is 4.31 Å². The molecule has 7 nitrogen and oxygen atoms in total. The summed E-state index contributed by atoms with van der Waals surface area (Å²) < 4.78 is 30.5. The van der Waals surface area contributed by atoms with Crippen molar-refractivity contribution < 1.29 is 18.3 Å². The maximum atomic E-state index is 12.3. The van der Waals surface area contributed by atoms with Crippen LogP contribution in [-0.2, 0) is 14.8 Å². The fourth-order valence-electron chi connectivity index (χ4n) is 1.42. The lowest BCUT2D eigenvalue weighted by Crippen LogP contribution is -2.36. The van der Waals surface area contributed by atoms with Gasteiger partial charge in [0, 0.05) is 26.4 Å². The molecule has 0 radical (unpaired) electrons. The Bertz CT molecular complexity index is 478. The molecule has 0 bridgehead atoms. The van der Waals surface area contributed by atoms with E-state index in [0.717, 1.165) is 4.31 Å². The van der Waals surface area contributed by atoms with Gasteiger partial charge in [0.15, 0.2) is 0 Å². The van der Waals surface area contributed by atoms with E-state index in [1.54, 1.807) is 0 Å². The number of ether oxygens (including phenoxy) is 1. The predicted octanol–water partition coefficient (Wildman–Crippen LogP) is -0.707. The summed E-state index contributed by atoms with van der Waals surface area (Å²) in [4.78, 5) is 3.69. The van der Waals surface area contributed by atoms with Crippen LogP contribution in [0.3, 0.4) is 0 Å². The molecular formula is C10H17N3O4S. The molecule has 1 heterocycles. The van der Waals surface area contributed by atoms with Crippen molar-refractivity contribution in [1.29, 1.82) is 0 Å². The zero-order valence-corrected chi connectivity index (χ0v) is 10.9. The molecule has 0 aliphatic heterocycles. The van der Waals surface area contributed by atoms with Gasteiger partial charge in [-0.3, -0.25) is 0 Å². The second-order valence-electron chi connectivity index (χ2n) is 3.51. The summed E-state index contributed by atoms with van der Waals surface area (Å²) in [6.45, 7) is 0.0935. The number of rotatable bonds is 7. The van der Waals surface area contributed by atoms with Crippen LogP contribution in [0.1, 0.15) is 0 Å². The average Bonchev–Trinajstić information content (AvgIpc) is 2.34. The van der Waals surface area contributed by atoms with Crippen molar-refractivity contribution in [2.24, 2.45) is 0 Å². The van der Waals surface area contributed by atoms with Crippen LogP contribution in [0.4, 0.5) is 5.82 Å². The van der Waals surface area contributed by atoms with Crippen molar-refractivity contribution >= 4 is 15.8 Å². The standard InChI is InChI=1S/C10H17N3O4S/c1-17-8-6-13(5-7-14)18(15,16)9-3-2-4-12-10(9)11/h2-4,14H,5-8H2,1H3,(H2,11,12). The zero-order chi connectivity index (χ0) is 13.6. The number of sulfonamides is 1. The molecule has 102 valence electrons. The minimum absolute atomic E-state index is 0.0139. The number of hydrogen-bond donors (Lipinski definition) is 2. The van der Waals surface area contributed by atoms with Gasteiger partial charge in [0.25, 0.3) is 0 Å². The molecular weight excluding hydrogens is 258 g/mol. The molecule has 3 N–H and O–H groups in total. The molecule has 1 aromatic rings. The maximum absolute atomic E-state index is 12.3. The number of anilines is 1. The van der Waals surface area contributed by atoms with Crippen molar-refractivity contribution in [2.45, 2.75) is 4.90 Å². The van der Waals surface area contributed by atoms with Crippen molar-refractivity contribution in [3.8, 4) is 0 Å². The van der Waals surface area contributed by atoms with Gasteiger partial charge in [0.2, 0.25) is 10.0 Å². The molecule has 0 saturated heterocycles. The number of aromatic nitrogens is 1. The Morgan fingerprint density at radius 2 is 2.22 bits per heavy atom. The van der Waals surface area contributed by atoms with Gasteiger partial charge in [0.05, 0.1) is 13.2 Å². The topological polar surface area (TPSA) is 106 Å². The van der Waals surface area contributed by atoms with E-state index in [4.69, 9.17) is 15.6 Å². The van der Waals surface area contributed by atoms with Gasteiger partial charge in [-0.25, -0.2) is 13.4 Å². The number of hydrogen-bond acceptors (Lipinski definition) is 6. The fourth-order valence-corrected chi connectivity index (χ4v) is 2.90. The Morgan fingerprint density at radius 1 is 1.50 bits per heavy atom. The third kappa shape index (κ3) is 3.39. The van der Waals surface area contributed by atoms with Crippen LogP contribution in [0.5, 0.6) is 0 Å². The van der Waals surface area contributed by atoms with E-state index in [1.165, 1.54) is 25.4 Å². The summed E-state index contributed by atoms with van der Waals surface area (Å²) in [6, 6.07) is 2.88. The maximum Gasteiger partial charge on any atom is 0.246 e. The highest BCUT2D eigenvalue weighted by atomic mass is 32.2. The minimum atomic E-state index is -3.76. The lowest BCUT2D eigenvalue weighted by molar-refractivity contribution is 0.168. The molecule has 0 saturated carbocycles. The van der Waals surface area contributed by atoms with Crippen molar-refractivity contribution in [3.05, 3.63) is 18.3 Å². The quantitative estimate of drug-likeness (QED) is 0.681. The minimum Gasteiger partial charge on any atom is -0.395 e. The van der Waals surface area contributed by atoms with Crippen LogP contribution in [-0.4, -0.2) is 56.2 Å². The van der Waals surface area contributed by atoms with Gasteiger partial charge in [-0.1, -0.05) is 0 Å². The summed E-state index contributed by atoms with van der Waals surface area (Å²) in [5.41, 5.74) is 5.56. The monoisotopic (exact) mass is 275 g/mol. The molecule has 1 aromatic heterocycles. The second kappa shape index (κ2) is 6.64. The summed E-state index contributed by atoms with van der Waals surface area (Å²) in [7, 11) is -2.29. The largest absolute Gasteiger partial charge is 0.395 e. The smallest absolute Gasteiger partial charge is 0.246 e. The van der Waals surface area contributed by atoms with Gasteiger partial charge in [-0.05, 0) is 12.1 Å². The third-order valence-corrected chi connectivity index (χ3v) is 4.26. The molecule has 0 aromatic carbocycles. The van der Waals surface area contributed by atoms with Crippen LogP contribution in [0.2, 0.25) is 0 Å². The Morgan fingerprint density at radius 3 is 2.78 bits per heavy atom. The summed E-state index contributed by atoms with van der Waals surface area (Å²) >= 11 is 0. The van der Waals surface area contributed by atoms with Crippen LogP contribution >= 0.6 is 0 Å². The number of nitrogens with zero attached hydrogens (tertiary/aromatic N) is 2. The highest BCUT2D eigenvalue weighted by Crippen LogP contribution is 2.19. The molecule has 0 aliphatic carbocycles. The summed E-state index contributed by atoms with van der Waals surface area (Å²) in [6.07, 6.45) is 1.42. The summed E-state index contributed by atoms with van der Waals surface area (Å²) in [5, 5.41) is 8.92. The van der Waals surface area contributed by atoms with Gasteiger partial charge in [-0.15, -0.1) is 0 Å². The van der Waals surface area contributed by atoms with Crippen LogP contribution < -0.4 is 5.73 Å². The van der Waals surface area contributed by atoms with E-state index in [0.29, 0.717) is 0 Å². The van der Waals surface area contributed by atoms with E-state index in [-0.39, 0.29) is 37.0 Å². The van der Waals surface area contributed by atoms with E-state index >= 15 is 0 Å². The van der Waals surface area contributed by atoms with Gasteiger partial charge < -0.3 is 15.6 Å². The van der Waals surface area contributed by atoms with E-state index in [1.807, 2.05) is 0 Å². The Balaban J connectivity index is 3.05. The molecule has 0 atom stereocenters. The van der Waals surface area contributed by atoms with E-state index in [2.05, 4.69) is 4.98 Å². The van der Waals surface area contributed by atoms with Crippen LogP contribution in [0.25, 0.3) is 0 Å². The Kier molecular flexibility index (Phi) is 5.48. The average molecular weight is 275 g/mol. The fraction of sp³-hybridized carbons (Fsp3) is 0.500. The van der Waals surface area contributed by atoms with Gasteiger partial charge >= 0.3 is 0 Å².